The van der Waals surface area contributed by atoms with E-state index in [9.17, 15) is 18.0 Å². The number of carbonyl (C=O) groups excluding carboxylic acids is 2. The second kappa shape index (κ2) is 16.4. The van der Waals surface area contributed by atoms with Crippen LogP contribution < -0.4 is 15.6 Å². The number of benzene rings is 2. The molecule has 3 rings (SSSR count). The molecule has 0 aromatic heterocycles. The average Bonchev–Trinajstić information content (AvgIpc) is 2.97. The standard InChI is InChI=1S/C31H43N3O7S/c1-23(2)21-28(30(35)32-34(42(4,37)38)22-25-16-18-26(39-3)19-17-25)27(14-10-13-24-11-6-5-7-12-24)31(36)33-41-29-15-8-9-20-40-29/h5-7,10-13,16-19,23,27-29H,8-9,14-15,20-22H2,1-4H3,(H,32,35)(H,33,36)/t27-,28+,29?/m0/s1. The van der Waals surface area contributed by atoms with Crippen molar-refractivity contribution in [3.63, 3.8) is 0 Å². The Morgan fingerprint density at radius 3 is 2.36 bits per heavy atom. The minimum absolute atomic E-state index is 0.0463. The van der Waals surface area contributed by atoms with Crippen LogP contribution in [-0.4, -0.2) is 50.9 Å². The molecule has 1 unspecified atom stereocenters. The molecule has 2 aromatic carbocycles. The zero-order chi connectivity index (χ0) is 30.5. The molecule has 10 nitrogen and oxygen atoms in total. The number of nitrogens with one attached hydrogen (secondary N) is 2. The van der Waals surface area contributed by atoms with Crippen molar-refractivity contribution in [2.45, 2.75) is 58.8 Å². The number of hydrogen-bond donors (Lipinski definition) is 2. The van der Waals surface area contributed by atoms with Gasteiger partial charge in [-0.25, -0.2) is 18.7 Å². The molecule has 0 saturated carbocycles. The monoisotopic (exact) mass is 601 g/mol. The highest BCUT2D eigenvalue weighted by Gasteiger charge is 2.36. The van der Waals surface area contributed by atoms with E-state index in [0.717, 1.165) is 29.1 Å². The predicted octanol–water partition coefficient (Wildman–Crippen LogP) is 4.44. The molecule has 0 radical (unpaired) electrons. The zero-order valence-corrected chi connectivity index (χ0v) is 25.6. The number of allylic oxidation sites excluding steroid dienone is 1. The van der Waals surface area contributed by atoms with Gasteiger partial charge in [0.1, 0.15) is 5.75 Å². The van der Waals surface area contributed by atoms with Crippen molar-refractivity contribution in [3.05, 3.63) is 71.8 Å². The van der Waals surface area contributed by atoms with Gasteiger partial charge in [0.05, 0.1) is 31.7 Å². The highest BCUT2D eigenvalue weighted by Crippen LogP contribution is 2.26. The smallest absolute Gasteiger partial charge is 0.247 e. The van der Waals surface area contributed by atoms with Crippen LogP contribution in [0.15, 0.2) is 60.7 Å². The number of rotatable bonds is 15. The van der Waals surface area contributed by atoms with Crippen molar-refractivity contribution < 1.29 is 32.3 Å². The van der Waals surface area contributed by atoms with E-state index in [0.29, 0.717) is 30.8 Å². The minimum Gasteiger partial charge on any atom is -0.497 e. The molecule has 0 aliphatic carbocycles. The zero-order valence-electron chi connectivity index (χ0n) is 24.8. The Morgan fingerprint density at radius 2 is 1.76 bits per heavy atom. The summed E-state index contributed by atoms with van der Waals surface area (Å²) >= 11 is 0. The van der Waals surface area contributed by atoms with Crippen LogP contribution in [0, 0.1) is 17.8 Å². The summed E-state index contributed by atoms with van der Waals surface area (Å²) < 4.78 is 37.1. The lowest BCUT2D eigenvalue weighted by atomic mass is 9.82. The fourth-order valence-corrected chi connectivity index (χ4v) is 5.32. The fraction of sp³-hybridized carbons (Fsp3) is 0.484. The van der Waals surface area contributed by atoms with E-state index in [2.05, 4.69) is 10.9 Å². The summed E-state index contributed by atoms with van der Waals surface area (Å²) in [6.45, 7) is 4.37. The fourth-order valence-electron chi connectivity index (χ4n) is 4.68. The van der Waals surface area contributed by atoms with Crippen molar-refractivity contribution in [3.8, 4) is 5.75 Å². The molecule has 42 heavy (non-hydrogen) atoms. The minimum atomic E-state index is -3.85. The van der Waals surface area contributed by atoms with Gasteiger partial charge >= 0.3 is 0 Å². The van der Waals surface area contributed by atoms with Crippen molar-refractivity contribution in [1.82, 2.24) is 15.3 Å². The van der Waals surface area contributed by atoms with E-state index in [1.807, 2.05) is 56.3 Å². The van der Waals surface area contributed by atoms with Gasteiger partial charge in [0.15, 0.2) is 6.29 Å². The van der Waals surface area contributed by atoms with Gasteiger partial charge in [-0.3, -0.25) is 15.0 Å². The molecule has 2 aromatic rings. The maximum atomic E-state index is 13.8. The number of methoxy groups -OCH3 is 1. The van der Waals surface area contributed by atoms with E-state index in [-0.39, 0.29) is 18.9 Å². The first-order valence-corrected chi connectivity index (χ1v) is 16.1. The quantitative estimate of drug-likeness (QED) is 0.289. The highest BCUT2D eigenvalue weighted by molar-refractivity contribution is 7.88. The molecule has 1 aliphatic heterocycles. The van der Waals surface area contributed by atoms with Gasteiger partial charge in [-0.15, -0.1) is 4.41 Å². The normalized spacial score (nSPS) is 17.2. The highest BCUT2D eigenvalue weighted by atomic mass is 32.2. The Morgan fingerprint density at radius 1 is 1.05 bits per heavy atom. The van der Waals surface area contributed by atoms with E-state index in [4.69, 9.17) is 14.3 Å². The Balaban J connectivity index is 1.84. The maximum Gasteiger partial charge on any atom is 0.247 e. The van der Waals surface area contributed by atoms with Gasteiger partial charge < -0.3 is 9.47 Å². The molecule has 0 bridgehead atoms. The Hall–Kier alpha value is -3.25. The molecule has 2 amide bonds. The number of carbonyl (C=O) groups is 2. The summed E-state index contributed by atoms with van der Waals surface area (Å²) in [4.78, 5) is 32.9. The van der Waals surface area contributed by atoms with Gasteiger partial charge in [-0.1, -0.05) is 68.5 Å². The third-order valence-electron chi connectivity index (χ3n) is 6.93. The number of hydroxylamine groups is 1. The predicted molar refractivity (Wildman–Crippen MR) is 161 cm³/mol. The van der Waals surface area contributed by atoms with Gasteiger partial charge in [0.2, 0.25) is 21.8 Å². The third kappa shape index (κ3) is 10.9. The summed E-state index contributed by atoms with van der Waals surface area (Å²) in [5, 5.41) is 0. The molecule has 1 aliphatic rings. The summed E-state index contributed by atoms with van der Waals surface area (Å²) in [6, 6.07) is 16.5. The summed E-state index contributed by atoms with van der Waals surface area (Å²) in [7, 11) is -2.30. The third-order valence-corrected chi connectivity index (χ3v) is 7.95. The van der Waals surface area contributed by atoms with Gasteiger partial charge in [0.25, 0.3) is 0 Å². The molecule has 1 heterocycles. The van der Waals surface area contributed by atoms with Gasteiger partial charge in [-0.05, 0) is 54.9 Å². The lowest BCUT2D eigenvalue weighted by Gasteiger charge is -2.30. The topological polar surface area (TPSA) is 123 Å². The Kier molecular flexibility index (Phi) is 13.0. The molecule has 2 N–H and O–H groups in total. The van der Waals surface area contributed by atoms with Crippen LogP contribution in [-0.2, 0) is 35.7 Å². The van der Waals surface area contributed by atoms with Crippen molar-refractivity contribution in [2.24, 2.45) is 17.8 Å². The SMILES string of the molecule is COc1ccc(CN(NC(=O)[C@H](CC(C)C)[C@H](CC=Cc2ccccc2)C(=O)NOC2CCCCO2)S(C)(=O)=O)cc1. The average molecular weight is 602 g/mol. The Bertz CT molecular complexity index is 1260. The van der Waals surface area contributed by atoms with Crippen molar-refractivity contribution >= 4 is 27.9 Å². The number of amides is 2. The largest absolute Gasteiger partial charge is 0.497 e. The lowest BCUT2D eigenvalue weighted by Crippen LogP contribution is -2.50. The van der Waals surface area contributed by atoms with E-state index < -0.39 is 40.0 Å². The molecule has 230 valence electrons. The van der Waals surface area contributed by atoms with Crippen LogP contribution in [0.2, 0.25) is 0 Å². The lowest BCUT2D eigenvalue weighted by molar-refractivity contribution is -0.203. The van der Waals surface area contributed by atoms with Crippen molar-refractivity contribution in [1.29, 1.82) is 0 Å². The van der Waals surface area contributed by atoms with E-state index in [1.54, 1.807) is 31.4 Å². The number of ether oxygens (including phenoxy) is 2. The van der Waals surface area contributed by atoms with Crippen LogP contribution in [0.1, 0.15) is 57.1 Å². The Labute approximate surface area is 249 Å². The molecule has 11 heteroatoms. The molecule has 3 atom stereocenters. The van der Waals surface area contributed by atoms with Crippen LogP contribution in [0.5, 0.6) is 5.75 Å². The van der Waals surface area contributed by atoms with Crippen molar-refractivity contribution in [2.75, 3.05) is 20.0 Å². The maximum absolute atomic E-state index is 13.8. The molecular weight excluding hydrogens is 558 g/mol. The van der Waals surface area contributed by atoms with Gasteiger partial charge in [0, 0.05) is 13.0 Å². The van der Waals surface area contributed by atoms with E-state index >= 15 is 0 Å². The number of hydrazine groups is 1. The first kappa shape index (κ1) is 33.3. The second-order valence-electron chi connectivity index (χ2n) is 10.9. The summed E-state index contributed by atoms with van der Waals surface area (Å²) in [5.74, 6) is -2.04. The van der Waals surface area contributed by atoms with Gasteiger partial charge in [-0.2, -0.15) is 0 Å². The molecule has 0 spiro atoms. The second-order valence-corrected chi connectivity index (χ2v) is 12.8. The van der Waals surface area contributed by atoms with Crippen LogP contribution in [0.3, 0.4) is 0 Å². The van der Waals surface area contributed by atoms with Crippen LogP contribution in [0.25, 0.3) is 6.08 Å². The molecular formula is C31H43N3O7S. The first-order valence-electron chi connectivity index (χ1n) is 14.3. The first-order chi connectivity index (χ1) is 20.1. The number of sulfonamides is 1. The summed E-state index contributed by atoms with van der Waals surface area (Å²) in [5.41, 5.74) is 6.73. The summed E-state index contributed by atoms with van der Waals surface area (Å²) in [6.07, 6.45) is 7.32. The number of nitrogens with zero attached hydrogens (tertiary/aromatic N) is 1. The van der Waals surface area contributed by atoms with Crippen LogP contribution in [0.4, 0.5) is 0 Å². The molecule has 1 saturated heterocycles. The number of hydrogen-bond acceptors (Lipinski definition) is 7. The van der Waals surface area contributed by atoms with E-state index in [1.165, 1.54) is 0 Å². The molecule has 1 fully saturated rings. The van der Waals surface area contributed by atoms with Crippen LogP contribution >= 0.6 is 0 Å².